The fraction of sp³-hybridized carbons (Fsp3) is 0.400. The number of nitrogens with zero attached hydrogens (tertiary/aromatic N) is 2. The predicted octanol–water partition coefficient (Wildman–Crippen LogP) is 1.92. The third-order valence-electron chi connectivity index (χ3n) is 3.63. The molecule has 1 atom stereocenters. The van der Waals surface area contributed by atoms with Gasteiger partial charge in [-0.3, -0.25) is 4.98 Å². The minimum atomic E-state index is 0.380. The fourth-order valence-electron chi connectivity index (χ4n) is 2.64. The molecule has 2 heterocycles. The van der Waals surface area contributed by atoms with Crippen molar-refractivity contribution in [1.29, 1.82) is 0 Å². The summed E-state index contributed by atoms with van der Waals surface area (Å²) in [6.07, 6.45) is 0. The van der Waals surface area contributed by atoms with Gasteiger partial charge < -0.3 is 15.4 Å². The van der Waals surface area contributed by atoms with Crippen LogP contribution in [0.1, 0.15) is 12.6 Å². The van der Waals surface area contributed by atoms with Crippen molar-refractivity contribution in [2.45, 2.75) is 19.5 Å². The normalized spacial score (nSPS) is 19.9. The third-order valence-corrected chi connectivity index (χ3v) is 3.63. The maximum absolute atomic E-state index is 5.77. The Morgan fingerprint density at radius 1 is 1.42 bits per heavy atom. The minimum absolute atomic E-state index is 0.380. The standard InChI is InChI=1S/C15H19N3O/c1-11-10-19-7-6-18(11)15-8-12(9-16)17-14-5-3-2-4-13(14)15/h2-5,8,11H,6-7,9-10,16H2,1H3. The van der Waals surface area contributed by atoms with Gasteiger partial charge in [-0.25, -0.2) is 0 Å². The molecule has 1 aromatic carbocycles. The first-order valence-corrected chi connectivity index (χ1v) is 6.72. The number of hydrogen-bond donors (Lipinski definition) is 1. The Morgan fingerprint density at radius 2 is 2.26 bits per heavy atom. The van der Waals surface area contributed by atoms with Crippen LogP contribution in [-0.4, -0.2) is 30.8 Å². The van der Waals surface area contributed by atoms with E-state index in [4.69, 9.17) is 10.5 Å². The van der Waals surface area contributed by atoms with E-state index < -0.39 is 0 Å². The van der Waals surface area contributed by atoms with Gasteiger partial charge in [0.25, 0.3) is 0 Å². The molecule has 0 bridgehead atoms. The van der Waals surface area contributed by atoms with Gasteiger partial charge in [0.2, 0.25) is 0 Å². The lowest BCUT2D eigenvalue weighted by atomic mass is 10.1. The molecule has 0 spiro atoms. The number of aromatic nitrogens is 1. The number of fused-ring (bicyclic) bond motifs is 1. The van der Waals surface area contributed by atoms with E-state index in [2.05, 4.69) is 35.0 Å². The summed E-state index contributed by atoms with van der Waals surface area (Å²) in [5.41, 5.74) is 8.94. The van der Waals surface area contributed by atoms with E-state index >= 15 is 0 Å². The van der Waals surface area contributed by atoms with Gasteiger partial charge in [-0.1, -0.05) is 18.2 Å². The first kappa shape index (κ1) is 12.4. The molecule has 100 valence electrons. The SMILES string of the molecule is CC1COCCN1c1cc(CN)nc2ccccc12. The number of pyridine rings is 1. The lowest BCUT2D eigenvalue weighted by Gasteiger charge is -2.36. The van der Waals surface area contributed by atoms with Gasteiger partial charge in [-0.2, -0.15) is 0 Å². The van der Waals surface area contributed by atoms with Crippen molar-refractivity contribution in [2.24, 2.45) is 5.73 Å². The van der Waals surface area contributed by atoms with Crippen molar-refractivity contribution in [3.8, 4) is 0 Å². The molecular formula is C15H19N3O. The van der Waals surface area contributed by atoms with Crippen molar-refractivity contribution >= 4 is 16.6 Å². The highest BCUT2D eigenvalue weighted by Gasteiger charge is 2.21. The van der Waals surface area contributed by atoms with E-state index in [9.17, 15) is 0 Å². The zero-order valence-corrected chi connectivity index (χ0v) is 11.2. The Kier molecular flexibility index (Phi) is 3.36. The maximum Gasteiger partial charge on any atom is 0.0726 e. The van der Waals surface area contributed by atoms with Crippen LogP contribution in [0.4, 0.5) is 5.69 Å². The molecule has 4 nitrogen and oxygen atoms in total. The summed E-state index contributed by atoms with van der Waals surface area (Å²) >= 11 is 0. The molecule has 4 heteroatoms. The molecule has 1 fully saturated rings. The molecule has 3 rings (SSSR count). The number of hydrogen-bond acceptors (Lipinski definition) is 4. The zero-order chi connectivity index (χ0) is 13.2. The molecule has 0 saturated carbocycles. The van der Waals surface area contributed by atoms with Gasteiger partial charge in [-0.05, 0) is 19.1 Å². The molecule has 1 saturated heterocycles. The van der Waals surface area contributed by atoms with E-state index in [0.29, 0.717) is 12.6 Å². The van der Waals surface area contributed by atoms with E-state index in [1.165, 1.54) is 11.1 Å². The summed E-state index contributed by atoms with van der Waals surface area (Å²) in [5.74, 6) is 0. The summed E-state index contributed by atoms with van der Waals surface area (Å²) < 4.78 is 5.52. The average Bonchev–Trinajstić information content (AvgIpc) is 2.46. The van der Waals surface area contributed by atoms with Gasteiger partial charge in [0.05, 0.1) is 24.4 Å². The monoisotopic (exact) mass is 257 g/mol. The Balaban J connectivity index is 2.14. The van der Waals surface area contributed by atoms with Crippen LogP contribution in [0.5, 0.6) is 0 Å². The number of para-hydroxylation sites is 1. The molecular weight excluding hydrogens is 238 g/mol. The Hall–Kier alpha value is -1.65. The number of ether oxygens (including phenoxy) is 1. The first-order chi connectivity index (χ1) is 9.29. The highest BCUT2D eigenvalue weighted by atomic mass is 16.5. The zero-order valence-electron chi connectivity index (χ0n) is 11.2. The molecule has 19 heavy (non-hydrogen) atoms. The Labute approximate surface area is 113 Å². The number of nitrogens with two attached hydrogens (primary N) is 1. The second-order valence-corrected chi connectivity index (χ2v) is 4.97. The molecule has 1 aromatic heterocycles. The van der Waals surface area contributed by atoms with Gasteiger partial charge >= 0.3 is 0 Å². The van der Waals surface area contributed by atoms with Crippen molar-refractivity contribution < 1.29 is 4.74 Å². The fourth-order valence-corrected chi connectivity index (χ4v) is 2.64. The van der Waals surface area contributed by atoms with Crippen LogP contribution in [0, 0.1) is 0 Å². The third kappa shape index (κ3) is 2.29. The van der Waals surface area contributed by atoms with Gasteiger partial charge in [0.15, 0.2) is 0 Å². The molecule has 0 amide bonds. The van der Waals surface area contributed by atoms with E-state index in [1.54, 1.807) is 0 Å². The lowest BCUT2D eigenvalue weighted by molar-refractivity contribution is 0.0991. The molecule has 0 radical (unpaired) electrons. The first-order valence-electron chi connectivity index (χ1n) is 6.72. The van der Waals surface area contributed by atoms with Crippen molar-refractivity contribution in [1.82, 2.24) is 4.98 Å². The molecule has 1 aliphatic heterocycles. The smallest absolute Gasteiger partial charge is 0.0726 e. The van der Waals surface area contributed by atoms with E-state index in [-0.39, 0.29) is 0 Å². The van der Waals surface area contributed by atoms with Crippen LogP contribution in [0.3, 0.4) is 0 Å². The maximum atomic E-state index is 5.77. The lowest BCUT2D eigenvalue weighted by Crippen LogP contribution is -2.43. The van der Waals surface area contributed by atoms with Crippen LogP contribution >= 0.6 is 0 Å². The summed E-state index contributed by atoms with van der Waals surface area (Å²) in [5, 5.41) is 1.19. The summed E-state index contributed by atoms with van der Waals surface area (Å²) in [6.45, 7) is 5.12. The van der Waals surface area contributed by atoms with Crippen molar-refractivity contribution in [3.05, 3.63) is 36.0 Å². The molecule has 1 unspecified atom stereocenters. The summed E-state index contributed by atoms with van der Waals surface area (Å²) in [7, 11) is 0. The summed E-state index contributed by atoms with van der Waals surface area (Å²) in [6, 6.07) is 10.7. The van der Waals surface area contributed by atoms with E-state index in [1.807, 2.05) is 12.1 Å². The van der Waals surface area contributed by atoms with Gasteiger partial charge in [0.1, 0.15) is 0 Å². The van der Waals surface area contributed by atoms with Crippen LogP contribution in [0.2, 0.25) is 0 Å². The van der Waals surface area contributed by atoms with Crippen molar-refractivity contribution in [2.75, 3.05) is 24.7 Å². The highest BCUT2D eigenvalue weighted by Crippen LogP contribution is 2.29. The van der Waals surface area contributed by atoms with Gasteiger partial charge in [0, 0.05) is 30.2 Å². The number of morpholine rings is 1. The van der Waals surface area contributed by atoms with Crippen LogP contribution in [0.25, 0.3) is 10.9 Å². The quantitative estimate of drug-likeness (QED) is 0.893. The summed E-state index contributed by atoms with van der Waals surface area (Å²) in [4.78, 5) is 6.99. The molecule has 0 aliphatic carbocycles. The Bertz CT molecular complexity index is 585. The second kappa shape index (κ2) is 5.15. The molecule has 1 aliphatic rings. The topological polar surface area (TPSA) is 51.4 Å². The average molecular weight is 257 g/mol. The van der Waals surface area contributed by atoms with Crippen LogP contribution in [0.15, 0.2) is 30.3 Å². The Morgan fingerprint density at radius 3 is 3.05 bits per heavy atom. The number of rotatable bonds is 2. The van der Waals surface area contributed by atoms with Crippen molar-refractivity contribution in [3.63, 3.8) is 0 Å². The minimum Gasteiger partial charge on any atom is -0.377 e. The highest BCUT2D eigenvalue weighted by molar-refractivity contribution is 5.92. The van der Waals surface area contributed by atoms with Crippen LogP contribution in [-0.2, 0) is 11.3 Å². The molecule has 2 aromatic rings. The van der Waals surface area contributed by atoms with Crippen LogP contribution < -0.4 is 10.6 Å². The predicted molar refractivity (Wildman–Crippen MR) is 77.3 cm³/mol. The van der Waals surface area contributed by atoms with E-state index in [0.717, 1.165) is 31.0 Å². The largest absolute Gasteiger partial charge is 0.377 e. The molecule has 2 N–H and O–H groups in total. The number of benzene rings is 1. The number of anilines is 1. The second-order valence-electron chi connectivity index (χ2n) is 4.97. The van der Waals surface area contributed by atoms with Gasteiger partial charge in [-0.15, -0.1) is 0 Å².